The number of aromatic nitrogens is 3. The van der Waals surface area contributed by atoms with Crippen LogP contribution in [0.5, 0.6) is 6.01 Å². The number of carbonyl (C=O) groups excluding carboxylic acids is 1. The van der Waals surface area contributed by atoms with Crippen LogP contribution in [0, 0.1) is 5.82 Å². The summed E-state index contributed by atoms with van der Waals surface area (Å²) >= 11 is 1.37. The van der Waals surface area contributed by atoms with Gasteiger partial charge in [0.2, 0.25) is 0 Å². The summed E-state index contributed by atoms with van der Waals surface area (Å²) in [4.78, 5) is 17.4. The van der Waals surface area contributed by atoms with Crippen LogP contribution in [0.1, 0.15) is 16.6 Å². The average molecular weight is 408 g/mol. The monoisotopic (exact) mass is 408 g/mol. The fraction of sp³-hybridized carbons (Fsp3) is 0.0952. The van der Waals surface area contributed by atoms with Crippen LogP contribution >= 0.6 is 11.3 Å². The minimum Gasteiger partial charge on any atom is -0.463 e. The lowest BCUT2D eigenvalue weighted by Crippen LogP contribution is -2.10. The van der Waals surface area contributed by atoms with Gasteiger partial charge in [0, 0.05) is 11.3 Å². The van der Waals surface area contributed by atoms with E-state index in [-0.39, 0.29) is 17.7 Å². The summed E-state index contributed by atoms with van der Waals surface area (Å²) in [7, 11) is 0. The van der Waals surface area contributed by atoms with Gasteiger partial charge in [0.15, 0.2) is 5.82 Å². The Morgan fingerprint density at radius 3 is 2.72 bits per heavy atom. The molecule has 6 nitrogen and oxygen atoms in total. The molecular weight excluding hydrogens is 391 g/mol. The van der Waals surface area contributed by atoms with Crippen LogP contribution in [0.2, 0.25) is 0 Å². The largest absolute Gasteiger partial charge is 0.463 e. The van der Waals surface area contributed by atoms with Crippen LogP contribution in [-0.4, -0.2) is 27.3 Å². The van der Waals surface area contributed by atoms with Crippen LogP contribution in [0.25, 0.3) is 17.1 Å². The van der Waals surface area contributed by atoms with Crippen molar-refractivity contribution in [1.29, 1.82) is 0 Å². The Bertz CT molecular complexity index is 1120. The Balaban J connectivity index is 1.70. The molecule has 1 amide bonds. The van der Waals surface area contributed by atoms with Gasteiger partial charge in [-0.3, -0.25) is 4.79 Å². The normalized spacial score (nSPS) is 10.7. The van der Waals surface area contributed by atoms with Crippen LogP contribution in [-0.2, 0) is 0 Å². The molecule has 0 saturated heterocycles. The Labute approximate surface area is 170 Å². The number of hydrogen-bond donors (Lipinski definition) is 1. The summed E-state index contributed by atoms with van der Waals surface area (Å²) in [5.41, 5.74) is 2.00. The molecule has 2 heterocycles. The zero-order valence-corrected chi connectivity index (χ0v) is 16.3. The molecule has 0 fully saturated rings. The van der Waals surface area contributed by atoms with Crippen molar-refractivity contribution in [3.05, 3.63) is 76.7 Å². The van der Waals surface area contributed by atoms with E-state index in [0.29, 0.717) is 34.2 Å². The van der Waals surface area contributed by atoms with Gasteiger partial charge in [0.1, 0.15) is 5.82 Å². The lowest BCUT2D eigenvalue weighted by molar-refractivity contribution is 0.103. The van der Waals surface area contributed by atoms with Gasteiger partial charge >= 0.3 is 6.01 Å². The van der Waals surface area contributed by atoms with E-state index in [1.54, 1.807) is 35.0 Å². The number of carbonyl (C=O) groups is 1. The van der Waals surface area contributed by atoms with Crippen molar-refractivity contribution in [3.8, 4) is 23.1 Å². The predicted octanol–water partition coefficient (Wildman–Crippen LogP) is 4.79. The number of thiophene rings is 1. The molecule has 0 unspecified atom stereocenters. The molecule has 29 heavy (non-hydrogen) atoms. The minimum atomic E-state index is -0.330. The first-order valence-electron chi connectivity index (χ1n) is 8.95. The third kappa shape index (κ3) is 4.17. The third-order valence-corrected chi connectivity index (χ3v) is 4.93. The van der Waals surface area contributed by atoms with Crippen LogP contribution in [0.15, 0.2) is 66.0 Å². The smallest absolute Gasteiger partial charge is 0.336 e. The van der Waals surface area contributed by atoms with Gasteiger partial charge in [-0.05, 0) is 60.8 Å². The molecule has 0 aliphatic carbocycles. The van der Waals surface area contributed by atoms with Crippen molar-refractivity contribution in [2.24, 2.45) is 0 Å². The Morgan fingerprint density at radius 2 is 2.00 bits per heavy atom. The second-order valence-corrected chi connectivity index (χ2v) is 7.00. The fourth-order valence-corrected chi connectivity index (χ4v) is 3.38. The van der Waals surface area contributed by atoms with Gasteiger partial charge in [-0.25, -0.2) is 9.07 Å². The summed E-state index contributed by atoms with van der Waals surface area (Å²) in [5.74, 6) is 0.00261. The van der Waals surface area contributed by atoms with Gasteiger partial charge in [-0.1, -0.05) is 12.1 Å². The van der Waals surface area contributed by atoms with Crippen LogP contribution in [0.4, 0.5) is 10.1 Å². The molecule has 0 bridgehead atoms. The first-order valence-corrected chi connectivity index (χ1v) is 9.83. The molecule has 2 aromatic heterocycles. The number of amides is 1. The van der Waals surface area contributed by atoms with Crippen molar-refractivity contribution in [2.45, 2.75) is 6.92 Å². The fourth-order valence-electron chi connectivity index (χ4n) is 2.77. The molecule has 1 N–H and O–H groups in total. The molecule has 0 saturated carbocycles. The average Bonchev–Trinajstić information content (AvgIpc) is 3.39. The summed E-state index contributed by atoms with van der Waals surface area (Å²) < 4.78 is 20.4. The van der Waals surface area contributed by atoms with Crippen LogP contribution in [0.3, 0.4) is 0 Å². The van der Waals surface area contributed by atoms with Gasteiger partial charge < -0.3 is 10.1 Å². The summed E-state index contributed by atoms with van der Waals surface area (Å²) in [6.07, 6.45) is 0. The number of rotatable bonds is 6. The molecule has 0 radical (unpaired) electrons. The minimum absolute atomic E-state index is 0.176. The second-order valence-electron chi connectivity index (χ2n) is 6.05. The topological polar surface area (TPSA) is 69.0 Å². The number of anilines is 1. The highest BCUT2D eigenvalue weighted by atomic mass is 32.1. The Morgan fingerprint density at radius 1 is 1.17 bits per heavy atom. The van der Waals surface area contributed by atoms with E-state index in [4.69, 9.17) is 4.74 Å². The number of benzene rings is 2. The van der Waals surface area contributed by atoms with Crippen molar-refractivity contribution < 1.29 is 13.9 Å². The number of hydrogen-bond acceptors (Lipinski definition) is 5. The first kappa shape index (κ1) is 18.8. The first-order chi connectivity index (χ1) is 14.1. The maximum absolute atomic E-state index is 13.3. The molecule has 0 atom stereocenters. The van der Waals surface area contributed by atoms with E-state index >= 15 is 0 Å². The maximum atomic E-state index is 13.3. The molecule has 8 heteroatoms. The lowest BCUT2D eigenvalue weighted by atomic mass is 10.2. The summed E-state index contributed by atoms with van der Waals surface area (Å²) in [6.45, 7) is 2.27. The number of nitrogens with one attached hydrogen (secondary N) is 1. The molecule has 2 aromatic carbocycles. The molecule has 4 rings (SSSR count). The van der Waals surface area contributed by atoms with Crippen molar-refractivity contribution in [2.75, 3.05) is 11.9 Å². The van der Waals surface area contributed by atoms with E-state index < -0.39 is 0 Å². The zero-order valence-electron chi connectivity index (χ0n) is 15.5. The summed E-state index contributed by atoms with van der Waals surface area (Å²) in [5, 5.41) is 9.15. The van der Waals surface area contributed by atoms with E-state index in [1.807, 2.05) is 30.5 Å². The van der Waals surface area contributed by atoms with Crippen molar-refractivity contribution in [1.82, 2.24) is 14.8 Å². The SMILES string of the molecule is CCOc1nc(-c2ccc(F)cc2)n(-c2cccc(NC(=O)c3cccs3)c2)n1. The highest BCUT2D eigenvalue weighted by molar-refractivity contribution is 7.12. The zero-order chi connectivity index (χ0) is 20.2. The molecule has 146 valence electrons. The number of ether oxygens (including phenoxy) is 1. The van der Waals surface area contributed by atoms with Gasteiger partial charge in [-0.2, -0.15) is 4.98 Å². The van der Waals surface area contributed by atoms with Gasteiger partial charge in [0.05, 0.1) is 17.2 Å². The van der Waals surface area contributed by atoms with Crippen molar-refractivity contribution in [3.63, 3.8) is 0 Å². The quantitative estimate of drug-likeness (QED) is 0.498. The molecule has 0 spiro atoms. The Kier molecular flexibility index (Phi) is 5.35. The number of nitrogens with zero attached hydrogens (tertiary/aromatic N) is 3. The highest BCUT2D eigenvalue weighted by Gasteiger charge is 2.15. The summed E-state index contributed by atoms with van der Waals surface area (Å²) in [6, 6.07) is 17.1. The maximum Gasteiger partial charge on any atom is 0.336 e. The van der Waals surface area contributed by atoms with E-state index in [0.717, 1.165) is 0 Å². The van der Waals surface area contributed by atoms with E-state index in [9.17, 15) is 9.18 Å². The molecular formula is C21H17FN4O2S. The molecule has 0 aliphatic heterocycles. The second kappa shape index (κ2) is 8.24. The highest BCUT2D eigenvalue weighted by Crippen LogP contribution is 2.25. The van der Waals surface area contributed by atoms with Gasteiger partial charge in [-0.15, -0.1) is 16.4 Å². The van der Waals surface area contributed by atoms with E-state index in [1.165, 1.54) is 23.5 Å². The lowest BCUT2D eigenvalue weighted by Gasteiger charge is -2.09. The van der Waals surface area contributed by atoms with Crippen LogP contribution < -0.4 is 10.1 Å². The Hall–Kier alpha value is -3.52. The molecule has 0 aliphatic rings. The van der Waals surface area contributed by atoms with Gasteiger partial charge in [0.25, 0.3) is 5.91 Å². The van der Waals surface area contributed by atoms with Crippen molar-refractivity contribution >= 4 is 22.9 Å². The van der Waals surface area contributed by atoms with E-state index in [2.05, 4.69) is 15.4 Å². The number of halogens is 1. The predicted molar refractivity (Wildman–Crippen MR) is 110 cm³/mol. The molecule has 4 aromatic rings. The third-order valence-electron chi connectivity index (χ3n) is 4.06. The standard InChI is InChI=1S/C21H17FN4O2S/c1-2-28-21-24-19(14-8-10-15(22)11-9-14)26(25-21)17-6-3-5-16(13-17)23-20(27)18-7-4-12-29-18/h3-13H,2H2,1H3,(H,23,27).